The Bertz CT molecular complexity index is 354. The number of carbonyl (C=O) groups is 1. The molecule has 2 atom stereocenters. The van der Waals surface area contributed by atoms with Gasteiger partial charge in [0.25, 0.3) is 0 Å². The van der Waals surface area contributed by atoms with Gasteiger partial charge in [-0.25, -0.2) is 0 Å². The Hall–Kier alpha value is -1.47. The first kappa shape index (κ1) is 11.0. The van der Waals surface area contributed by atoms with Crippen LogP contribution >= 0.6 is 0 Å². The van der Waals surface area contributed by atoms with Crippen LogP contribution in [-0.4, -0.2) is 52.4 Å². The van der Waals surface area contributed by atoms with Crippen molar-refractivity contribution in [3.8, 4) is 0 Å². The summed E-state index contributed by atoms with van der Waals surface area (Å²) in [4.78, 5) is 16.7. The Balaban J connectivity index is 1.98. The number of ether oxygens (including phenoxy) is 1. The van der Waals surface area contributed by atoms with Crippen molar-refractivity contribution >= 4 is 5.97 Å². The molecule has 1 saturated heterocycles. The summed E-state index contributed by atoms with van der Waals surface area (Å²) in [5.41, 5.74) is 0. The average molecular weight is 227 g/mol. The summed E-state index contributed by atoms with van der Waals surface area (Å²) in [7, 11) is 1.83. The van der Waals surface area contributed by atoms with Gasteiger partial charge in [-0.1, -0.05) is 5.16 Å². The number of nitrogens with zero attached hydrogens (tertiary/aromatic N) is 3. The second-order valence-corrected chi connectivity index (χ2v) is 3.81. The summed E-state index contributed by atoms with van der Waals surface area (Å²) in [6.45, 7) is 1.14. The van der Waals surface area contributed by atoms with Gasteiger partial charge in [-0.2, -0.15) is 4.98 Å². The van der Waals surface area contributed by atoms with Gasteiger partial charge in [0.2, 0.25) is 6.39 Å². The first-order chi connectivity index (χ1) is 7.68. The smallest absolute Gasteiger partial charge is 0.310 e. The monoisotopic (exact) mass is 227 g/mol. The van der Waals surface area contributed by atoms with E-state index >= 15 is 0 Å². The molecule has 0 radical (unpaired) electrons. The highest BCUT2D eigenvalue weighted by Crippen LogP contribution is 2.19. The van der Waals surface area contributed by atoms with E-state index in [-0.39, 0.29) is 12.6 Å². The third-order valence-electron chi connectivity index (χ3n) is 2.73. The number of rotatable bonds is 4. The molecule has 88 valence electrons. The van der Waals surface area contributed by atoms with Crippen LogP contribution in [0.2, 0.25) is 0 Å². The predicted octanol–water partition coefficient (Wildman–Crippen LogP) is -0.399. The number of aromatic nitrogens is 2. The van der Waals surface area contributed by atoms with Crippen molar-refractivity contribution in [1.82, 2.24) is 15.0 Å². The summed E-state index contributed by atoms with van der Waals surface area (Å²) in [5.74, 6) is -0.780. The van der Waals surface area contributed by atoms with E-state index in [2.05, 4.69) is 14.7 Å². The van der Waals surface area contributed by atoms with Gasteiger partial charge >= 0.3 is 5.97 Å². The minimum Gasteiger partial charge on any atom is -0.481 e. The minimum absolute atomic E-state index is 0.143. The normalized spacial score (nSPS) is 25.1. The van der Waals surface area contributed by atoms with Gasteiger partial charge in [-0.3, -0.25) is 9.69 Å². The molecule has 0 aromatic carbocycles. The van der Waals surface area contributed by atoms with Gasteiger partial charge in [0.1, 0.15) is 0 Å². The Morgan fingerprint density at radius 3 is 3.12 bits per heavy atom. The van der Waals surface area contributed by atoms with Gasteiger partial charge < -0.3 is 14.4 Å². The summed E-state index contributed by atoms with van der Waals surface area (Å²) in [6, 6.07) is -0.143. The van der Waals surface area contributed by atoms with Crippen molar-refractivity contribution in [2.24, 2.45) is 5.92 Å². The van der Waals surface area contributed by atoms with Crippen molar-refractivity contribution in [2.45, 2.75) is 12.6 Å². The van der Waals surface area contributed by atoms with E-state index in [1.54, 1.807) is 0 Å². The van der Waals surface area contributed by atoms with Gasteiger partial charge in [-0.15, -0.1) is 0 Å². The van der Waals surface area contributed by atoms with Crippen LogP contribution in [-0.2, 0) is 16.1 Å². The molecule has 0 amide bonds. The quantitative estimate of drug-likeness (QED) is 0.748. The summed E-state index contributed by atoms with van der Waals surface area (Å²) in [5, 5.41) is 12.7. The molecule has 1 fully saturated rings. The zero-order chi connectivity index (χ0) is 11.5. The van der Waals surface area contributed by atoms with E-state index in [0.717, 1.165) is 0 Å². The molecule has 1 aromatic rings. The van der Waals surface area contributed by atoms with Crippen molar-refractivity contribution in [3.63, 3.8) is 0 Å². The minimum atomic E-state index is -0.831. The molecule has 7 nitrogen and oxygen atoms in total. The fourth-order valence-corrected chi connectivity index (χ4v) is 1.82. The lowest BCUT2D eigenvalue weighted by Gasteiger charge is -2.24. The maximum atomic E-state index is 11.0. The summed E-state index contributed by atoms with van der Waals surface area (Å²) >= 11 is 0. The van der Waals surface area contributed by atoms with Crippen LogP contribution in [0, 0.1) is 5.92 Å². The molecule has 2 rings (SSSR count). The Kier molecular flexibility index (Phi) is 3.16. The molecule has 1 aliphatic rings. The molecule has 2 heterocycles. The first-order valence-electron chi connectivity index (χ1n) is 4.94. The lowest BCUT2D eigenvalue weighted by molar-refractivity contribution is -0.143. The molecule has 1 aromatic heterocycles. The molecule has 0 saturated carbocycles. The highest BCUT2D eigenvalue weighted by atomic mass is 16.5. The highest BCUT2D eigenvalue weighted by molar-refractivity contribution is 5.71. The standard InChI is InChI=1S/C9H13N3O4/c1-12(2-8-10-5-16-11-8)7-4-15-3-6(7)9(13)14/h5-7H,2-4H2,1H3,(H,13,14). The SMILES string of the molecule is CN(Cc1ncon1)C1COCC1C(=O)O. The zero-order valence-electron chi connectivity index (χ0n) is 8.87. The number of hydrogen-bond donors (Lipinski definition) is 1. The van der Waals surface area contributed by atoms with Crippen LogP contribution in [0.3, 0.4) is 0 Å². The lowest BCUT2D eigenvalue weighted by atomic mass is 10.0. The predicted molar refractivity (Wildman–Crippen MR) is 51.5 cm³/mol. The van der Waals surface area contributed by atoms with Crippen LogP contribution in [0.15, 0.2) is 10.9 Å². The number of carboxylic acid groups (broad SMARTS) is 1. The van der Waals surface area contributed by atoms with Gasteiger partial charge in [0.15, 0.2) is 5.82 Å². The Morgan fingerprint density at radius 1 is 1.69 bits per heavy atom. The summed E-state index contributed by atoms with van der Waals surface area (Å²) in [6.07, 6.45) is 1.25. The van der Waals surface area contributed by atoms with E-state index in [1.165, 1.54) is 6.39 Å². The molecular formula is C9H13N3O4. The van der Waals surface area contributed by atoms with E-state index in [0.29, 0.717) is 19.0 Å². The van der Waals surface area contributed by atoms with Crippen LogP contribution in [0.25, 0.3) is 0 Å². The van der Waals surface area contributed by atoms with Crippen LogP contribution in [0.1, 0.15) is 5.82 Å². The Labute approximate surface area is 92.0 Å². The molecule has 1 aliphatic heterocycles. The third kappa shape index (κ3) is 2.20. The largest absolute Gasteiger partial charge is 0.481 e. The van der Waals surface area contributed by atoms with E-state index in [4.69, 9.17) is 9.84 Å². The van der Waals surface area contributed by atoms with E-state index in [1.807, 2.05) is 11.9 Å². The molecular weight excluding hydrogens is 214 g/mol. The van der Waals surface area contributed by atoms with Crippen LogP contribution in [0.4, 0.5) is 0 Å². The zero-order valence-corrected chi connectivity index (χ0v) is 8.87. The number of likely N-dealkylation sites (N-methyl/N-ethyl adjacent to an activating group) is 1. The van der Waals surface area contributed by atoms with Gasteiger partial charge in [0, 0.05) is 6.04 Å². The fourth-order valence-electron chi connectivity index (χ4n) is 1.82. The van der Waals surface area contributed by atoms with Crippen molar-refractivity contribution in [1.29, 1.82) is 0 Å². The molecule has 2 unspecified atom stereocenters. The number of aliphatic carboxylic acids is 1. The molecule has 7 heteroatoms. The van der Waals surface area contributed by atoms with E-state index < -0.39 is 11.9 Å². The summed E-state index contributed by atoms with van der Waals surface area (Å²) < 4.78 is 9.80. The van der Waals surface area contributed by atoms with Crippen LogP contribution in [0.5, 0.6) is 0 Å². The first-order valence-corrected chi connectivity index (χ1v) is 4.94. The topological polar surface area (TPSA) is 88.7 Å². The average Bonchev–Trinajstić information content (AvgIpc) is 2.86. The molecule has 0 spiro atoms. The molecule has 0 aliphatic carbocycles. The third-order valence-corrected chi connectivity index (χ3v) is 2.73. The van der Waals surface area contributed by atoms with Gasteiger partial charge in [0.05, 0.1) is 25.7 Å². The second-order valence-electron chi connectivity index (χ2n) is 3.81. The molecule has 1 N–H and O–H groups in total. The number of hydrogen-bond acceptors (Lipinski definition) is 6. The fraction of sp³-hybridized carbons (Fsp3) is 0.667. The van der Waals surface area contributed by atoms with Gasteiger partial charge in [-0.05, 0) is 7.05 Å². The second kappa shape index (κ2) is 4.58. The highest BCUT2D eigenvalue weighted by Gasteiger charge is 2.36. The van der Waals surface area contributed by atoms with Crippen molar-refractivity contribution in [3.05, 3.63) is 12.2 Å². The maximum absolute atomic E-state index is 11.0. The van der Waals surface area contributed by atoms with Crippen molar-refractivity contribution in [2.75, 3.05) is 20.3 Å². The maximum Gasteiger partial charge on any atom is 0.310 e. The molecule has 16 heavy (non-hydrogen) atoms. The van der Waals surface area contributed by atoms with Crippen molar-refractivity contribution < 1.29 is 19.2 Å². The Morgan fingerprint density at radius 2 is 2.50 bits per heavy atom. The number of carboxylic acids is 1. The van der Waals surface area contributed by atoms with E-state index in [9.17, 15) is 4.79 Å². The molecule has 0 bridgehead atoms. The van der Waals surface area contributed by atoms with Crippen LogP contribution < -0.4 is 0 Å². The lowest BCUT2D eigenvalue weighted by Crippen LogP contribution is -2.40.